The molecule has 1 rings (SSSR count). The molecule has 0 atom stereocenters. The molecule has 1 aromatic carbocycles. The maximum absolute atomic E-state index is 13.1. The second-order valence-electron chi connectivity index (χ2n) is 2.88. The van der Waals surface area contributed by atoms with Gasteiger partial charge in [0.25, 0.3) is 5.92 Å². The average molecular weight is 223 g/mol. The van der Waals surface area contributed by atoms with Gasteiger partial charge in [0.05, 0.1) is 19.2 Å². The number of nitrogens with two attached hydrogens (primary N) is 1. The first kappa shape index (κ1) is 11.8. The molecule has 0 amide bonds. The Labute approximate surface area is 83.6 Å². The molecule has 0 saturated heterocycles. The van der Waals surface area contributed by atoms with Crippen LogP contribution in [0.15, 0.2) is 12.1 Å². The first-order chi connectivity index (χ1) is 6.92. The monoisotopic (exact) mass is 223 g/mol. The minimum atomic E-state index is -3.59. The first-order valence-electron chi connectivity index (χ1n) is 4.03. The van der Waals surface area contributed by atoms with Crippen molar-refractivity contribution in [3.63, 3.8) is 0 Å². The van der Waals surface area contributed by atoms with E-state index in [-0.39, 0.29) is 0 Å². The molecule has 0 aliphatic carbocycles. The zero-order valence-corrected chi connectivity index (χ0v) is 7.86. The van der Waals surface area contributed by atoms with Crippen LogP contribution < -0.4 is 10.5 Å². The minimum absolute atomic E-state index is 0.390. The second kappa shape index (κ2) is 4.06. The molecule has 0 aliphatic rings. The van der Waals surface area contributed by atoms with Crippen molar-refractivity contribution in [3.8, 4) is 5.75 Å². The van der Waals surface area contributed by atoms with Crippen molar-refractivity contribution in [2.75, 3.05) is 13.7 Å². The largest absolute Gasteiger partial charge is 0.494 e. The smallest absolute Gasteiger partial charge is 0.288 e. The van der Waals surface area contributed by atoms with Crippen LogP contribution in [0.3, 0.4) is 0 Å². The molecule has 0 fully saturated rings. The summed E-state index contributed by atoms with van der Waals surface area (Å²) in [5, 5.41) is 0. The normalized spacial score (nSPS) is 11.6. The van der Waals surface area contributed by atoms with Crippen molar-refractivity contribution >= 4 is 0 Å². The number of hydrogen-bond donors (Lipinski definition) is 1. The Morgan fingerprint density at radius 3 is 2.33 bits per heavy atom. The summed E-state index contributed by atoms with van der Waals surface area (Å²) in [5.41, 5.74) is 3.69. The molecule has 6 heteroatoms. The van der Waals surface area contributed by atoms with E-state index in [1.165, 1.54) is 0 Å². The van der Waals surface area contributed by atoms with Crippen molar-refractivity contribution in [3.05, 3.63) is 29.3 Å². The van der Waals surface area contributed by atoms with E-state index in [9.17, 15) is 17.6 Å². The highest BCUT2D eigenvalue weighted by molar-refractivity contribution is 5.33. The van der Waals surface area contributed by atoms with Gasteiger partial charge >= 0.3 is 0 Å². The fourth-order valence-corrected chi connectivity index (χ4v) is 1.08. The zero-order valence-electron chi connectivity index (χ0n) is 7.86. The molecule has 0 radical (unpaired) electrons. The standard InChI is InChI=1S/C9H9F4NO/c1-15-8-3-6(10)5(2-7(8)11)9(12,13)4-14/h2-3H,4,14H2,1H3. The van der Waals surface area contributed by atoms with Gasteiger partial charge < -0.3 is 10.5 Å². The Balaban J connectivity index is 3.28. The van der Waals surface area contributed by atoms with E-state index >= 15 is 0 Å². The molecule has 0 aromatic heterocycles. The molecular formula is C9H9F4NO. The molecule has 84 valence electrons. The highest BCUT2D eigenvalue weighted by atomic mass is 19.3. The summed E-state index contributed by atoms with van der Waals surface area (Å²) in [4.78, 5) is 0. The predicted octanol–water partition coefficient (Wildman–Crippen LogP) is 2.02. The Morgan fingerprint density at radius 1 is 1.27 bits per heavy atom. The van der Waals surface area contributed by atoms with Crippen LogP contribution in [-0.4, -0.2) is 13.7 Å². The van der Waals surface area contributed by atoms with E-state index < -0.39 is 35.4 Å². The van der Waals surface area contributed by atoms with E-state index in [0.717, 1.165) is 7.11 Å². The van der Waals surface area contributed by atoms with Gasteiger partial charge in [-0.2, -0.15) is 8.78 Å². The van der Waals surface area contributed by atoms with Gasteiger partial charge in [-0.3, -0.25) is 0 Å². The van der Waals surface area contributed by atoms with Crippen LogP contribution in [0.5, 0.6) is 5.75 Å². The highest BCUT2D eigenvalue weighted by Crippen LogP contribution is 2.32. The summed E-state index contributed by atoms with van der Waals surface area (Å²) >= 11 is 0. The van der Waals surface area contributed by atoms with Gasteiger partial charge in [-0.15, -0.1) is 0 Å². The maximum Gasteiger partial charge on any atom is 0.288 e. The quantitative estimate of drug-likeness (QED) is 0.795. The Kier molecular flexibility index (Phi) is 3.18. The molecule has 0 bridgehead atoms. The summed E-state index contributed by atoms with van der Waals surface area (Å²) in [6.07, 6.45) is 0. The summed E-state index contributed by atoms with van der Waals surface area (Å²) in [6.45, 7) is -1.09. The topological polar surface area (TPSA) is 35.2 Å². The lowest BCUT2D eigenvalue weighted by Gasteiger charge is -2.15. The number of alkyl halides is 2. The Hall–Kier alpha value is -1.30. The predicted molar refractivity (Wildman–Crippen MR) is 45.9 cm³/mol. The Morgan fingerprint density at radius 2 is 1.87 bits per heavy atom. The lowest BCUT2D eigenvalue weighted by molar-refractivity contribution is 0.00197. The van der Waals surface area contributed by atoms with E-state index in [1.54, 1.807) is 0 Å². The number of hydrogen-bond acceptors (Lipinski definition) is 2. The van der Waals surface area contributed by atoms with Crippen molar-refractivity contribution < 1.29 is 22.3 Å². The summed E-state index contributed by atoms with van der Waals surface area (Å²) in [5.74, 6) is -6.31. The molecule has 1 aromatic rings. The van der Waals surface area contributed by atoms with Gasteiger partial charge in [0, 0.05) is 6.07 Å². The number of rotatable bonds is 3. The molecular weight excluding hydrogens is 214 g/mol. The second-order valence-corrected chi connectivity index (χ2v) is 2.88. The van der Waals surface area contributed by atoms with E-state index in [4.69, 9.17) is 5.73 Å². The summed E-state index contributed by atoms with van der Waals surface area (Å²) in [6, 6.07) is 0.954. The van der Waals surface area contributed by atoms with E-state index in [0.29, 0.717) is 12.1 Å². The van der Waals surface area contributed by atoms with Crippen molar-refractivity contribution in [1.82, 2.24) is 0 Å². The van der Waals surface area contributed by atoms with Crippen LogP contribution >= 0.6 is 0 Å². The number of benzene rings is 1. The zero-order chi connectivity index (χ0) is 11.6. The van der Waals surface area contributed by atoms with Crippen molar-refractivity contribution in [2.45, 2.75) is 5.92 Å². The third-order valence-electron chi connectivity index (χ3n) is 1.89. The lowest BCUT2D eigenvalue weighted by Crippen LogP contribution is -2.26. The van der Waals surface area contributed by atoms with Gasteiger partial charge in [-0.1, -0.05) is 0 Å². The van der Waals surface area contributed by atoms with Gasteiger partial charge in [0.2, 0.25) is 0 Å². The maximum atomic E-state index is 13.1. The van der Waals surface area contributed by atoms with Crippen LogP contribution in [0.1, 0.15) is 5.56 Å². The number of halogens is 4. The Bertz CT molecular complexity index is 367. The minimum Gasteiger partial charge on any atom is -0.494 e. The van der Waals surface area contributed by atoms with Crippen LogP contribution in [0, 0.1) is 11.6 Å². The molecule has 0 aliphatic heterocycles. The van der Waals surface area contributed by atoms with E-state index in [1.807, 2.05) is 0 Å². The molecule has 0 spiro atoms. The molecule has 2 N–H and O–H groups in total. The summed E-state index contributed by atoms with van der Waals surface area (Å²) in [7, 11) is 1.11. The third-order valence-corrected chi connectivity index (χ3v) is 1.89. The number of ether oxygens (including phenoxy) is 1. The van der Waals surface area contributed by atoms with Crippen LogP contribution in [0.4, 0.5) is 17.6 Å². The van der Waals surface area contributed by atoms with Gasteiger partial charge in [-0.25, -0.2) is 8.78 Å². The van der Waals surface area contributed by atoms with Crippen LogP contribution in [0.2, 0.25) is 0 Å². The fourth-order valence-electron chi connectivity index (χ4n) is 1.08. The summed E-state index contributed by atoms with van der Waals surface area (Å²) < 4.78 is 56.6. The molecule has 15 heavy (non-hydrogen) atoms. The SMILES string of the molecule is COc1cc(F)c(C(F)(F)CN)cc1F. The van der Waals surface area contributed by atoms with Crippen LogP contribution in [0.25, 0.3) is 0 Å². The molecule has 0 saturated carbocycles. The molecule has 2 nitrogen and oxygen atoms in total. The fraction of sp³-hybridized carbons (Fsp3) is 0.333. The molecule has 0 unspecified atom stereocenters. The van der Waals surface area contributed by atoms with Gasteiger partial charge in [0.15, 0.2) is 11.6 Å². The lowest BCUT2D eigenvalue weighted by atomic mass is 10.1. The molecule has 0 heterocycles. The average Bonchev–Trinajstić information content (AvgIpc) is 2.20. The first-order valence-corrected chi connectivity index (χ1v) is 4.03. The van der Waals surface area contributed by atoms with Gasteiger partial charge in [-0.05, 0) is 6.07 Å². The highest BCUT2D eigenvalue weighted by Gasteiger charge is 2.34. The van der Waals surface area contributed by atoms with Crippen LogP contribution in [-0.2, 0) is 5.92 Å². The van der Waals surface area contributed by atoms with Gasteiger partial charge in [0.1, 0.15) is 5.82 Å². The third kappa shape index (κ3) is 2.20. The number of methoxy groups -OCH3 is 1. The van der Waals surface area contributed by atoms with E-state index in [2.05, 4.69) is 4.74 Å². The van der Waals surface area contributed by atoms with Crippen molar-refractivity contribution in [2.24, 2.45) is 5.73 Å². The van der Waals surface area contributed by atoms with Crippen molar-refractivity contribution in [1.29, 1.82) is 0 Å².